The van der Waals surface area contributed by atoms with Gasteiger partial charge in [0.05, 0.1) is 14.2 Å². The van der Waals surface area contributed by atoms with Crippen LogP contribution in [0, 0.1) is 5.82 Å². The van der Waals surface area contributed by atoms with Gasteiger partial charge in [-0.25, -0.2) is 4.39 Å². The topological polar surface area (TPSA) is 18.5 Å². The maximum Gasteiger partial charge on any atom is 0.145 e. The zero-order chi connectivity index (χ0) is 15.4. The summed E-state index contributed by atoms with van der Waals surface area (Å²) in [5.74, 6) is 0.911. The smallest absolute Gasteiger partial charge is 0.145 e. The molecule has 0 spiro atoms. The Bertz CT molecular complexity index is 616. The van der Waals surface area contributed by atoms with Gasteiger partial charge in [-0.1, -0.05) is 45.7 Å². The van der Waals surface area contributed by atoms with E-state index >= 15 is 0 Å². The van der Waals surface area contributed by atoms with Crippen LogP contribution in [0.4, 0.5) is 4.39 Å². The molecule has 0 aliphatic rings. The highest BCUT2D eigenvalue weighted by Gasteiger charge is 2.19. The van der Waals surface area contributed by atoms with Gasteiger partial charge in [-0.2, -0.15) is 0 Å². The van der Waals surface area contributed by atoms with Crippen LogP contribution in [-0.4, -0.2) is 14.2 Å². The van der Waals surface area contributed by atoms with E-state index in [4.69, 9.17) is 21.1 Å². The predicted octanol–water partition coefficient (Wildman–Crippen LogP) is 5.18. The molecule has 0 N–H and O–H groups in total. The lowest BCUT2D eigenvalue weighted by Crippen LogP contribution is -2.00. The summed E-state index contributed by atoms with van der Waals surface area (Å²) in [5, 5.41) is 0.445. The van der Waals surface area contributed by atoms with E-state index in [0.29, 0.717) is 22.9 Å². The van der Waals surface area contributed by atoms with Gasteiger partial charge in [0.15, 0.2) is 0 Å². The van der Waals surface area contributed by atoms with Crippen molar-refractivity contribution in [3.8, 4) is 11.5 Å². The molecule has 0 aliphatic heterocycles. The third kappa shape index (κ3) is 3.69. The number of alkyl halides is 1. The normalized spacial score (nSPS) is 12.0. The molecule has 0 saturated heterocycles. The Kier molecular flexibility index (Phi) is 5.48. The van der Waals surface area contributed by atoms with E-state index < -0.39 is 0 Å². The number of rotatable bonds is 5. The molecule has 0 heterocycles. The second kappa shape index (κ2) is 7.14. The van der Waals surface area contributed by atoms with E-state index in [-0.39, 0.29) is 10.6 Å². The molecule has 0 aliphatic carbocycles. The SMILES string of the molecule is COc1ccc(C(Br)Cc2ccc(F)cc2)c(OC)c1Cl. The van der Waals surface area contributed by atoms with Crippen molar-refractivity contribution in [2.24, 2.45) is 0 Å². The predicted molar refractivity (Wildman–Crippen MR) is 86.3 cm³/mol. The Balaban J connectivity index is 2.28. The van der Waals surface area contributed by atoms with Crippen molar-refractivity contribution < 1.29 is 13.9 Å². The van der Waals surface area contributed by atoms with Crippen LogP contribution in [0.1, 0.15) is 16.0 Å². The molecule has 2 rings (SSSR count). The molecule has 0 saturated carbocycles. The Morgan fingerprint density at radius 1 is 1.10 bits per heavy atom. The largest absolute Gasteiger partial charge is 0.495 e. The molecule has 21 heavy (non-hydrogen) atoms. The minimum atomic E-state index is -0.241. The number of halogens is 3. The third-order valence-electron chi connectivity index (χ3n) is 3.18. The maximum atomic E-state index is 12.9. The van der Waals surface area contributed by atoms with Crippen LogP contribution in [-0.2, 0) is 6.42 Å². The maximum absolute atomic E-state index is 12.9. The standard InChI is InChI=1S/C16H15BrClFO2/c1-20-14-8-7-12(16(21-2)15(14)18)13(17)9-10-3-5-11(19)6-4-10/h3-8,13H,9H2,1-2H3. The van der Waals surface area contributed by atoms with Crippen molar-refractivity contribution in [2.45, 2.75) is 11.2 Å². The molecule has 0 radical (unpaired) electrons. The molecule has 0 aromatic heterocycles. The minimum absolute atomic E-state index is 0.00122. The average molecular weight is 374 g/mol. The first kappa shape index (κ1) is 16.1. The number of ether oxygens (including phenoxy) is 2. The fourth-order valence-corrected chi connectivity index (χ4v) is 3.16. The van der Waals surface area contributed by atoms with Gasteiger partial charge in [-0.05, 0) is 30.2 Å². The highest BCUT2D eigenvalue weighted by molar-refractivity contribution is 9.09. The second-order valence-corrected chi connectivity index (χ2v) is 5.99. The van der Waals surface area contributed by atoms with Crippen LogP contribution in [0.3, 0.4) is 0 Å². The Hall–Kier alpha value is -1.26. The monoisotopic (exact) mass is 372 g/mol. The number of methoxy groups -OCH3 is 2. The summed E-state index contributed by atoms with van der Waals surface area (Å²) in [6.07, 6.45) is 0.694. The molecule has 5 heteroatoms. The summed E-state index contributed by atoms with van der Waals surface area (Å²) in [5.41, 5.74) is 1.94. The van der Waals surface area contributed by atoms with Crippen LogP contribution in [0.2, 0.25) is 5.02 Å². The molecule has 0 amide bonds. The summed E-state index contributed by atoms with van der Waals surface area (Å²) in [6, 6.07) is 10.1. The number of benzene rings is 2. The lowest BCUT2D eigenvalue weighted by molar-refractivity contribution is 0.391. The zero-order valence-electron chi connectivity index (χ0n) is 11.7. The fraction of sp³-hybridized carbons (Fsp3) is 0.250. The fourth-order valence-electron chi connectivity index (χ4n) is 2.10. The first-order valence-corrected chi connectivity index (χ1v) is 7.65. The van der Waals surface area contributed by atoms with Crippen molar-refractivity contribution >= 4 is 27.5 Å². The van der Waals surface area contributed by atoms with Gasteiger partial charge < -0.3 is 9.47 Å². The van der Waals surface area contributed by atoms with Crippen molar-refractivity contribution in [1.82, 2.24) is 0 Å². The van der Waals surface area contributed by atoms with E-state index in [1.807, 2.05) is 6.07 Å². The molecule has 2 aromatic rings. The molecular formula is C16H15BrClFO2. The van der Waals surface area contributed by atoms with Gasteiger partial charge in [0.25, 0.3) is 0 Å². The number of hydrogen-bond acceptors (Lipinski definition) is 2. The van der Waals surface area contributed by atoms with E-state index in [1.54, 1.807) is 32.4 Å². The van der Waals surface area contributed by atoms with Gasteiger partial charge in [0.2, 0.25) is 0 Å². The van der Waals surface area contributed by atoms with Crippen LogP contribution < -0.4 is 9.47 Å². The number of hydrogen-bond donors (Lipinski definition) is 0. The summed E-state index contributed by atoms with van der Waals surface area (Å²) in [7, 11) is 3.13. The van der Waals surface area contributed by atoms with Crippen LogP contribution >= 0.6 is 27.5 Å². The Morgan fingerprint density at radius 2 is 1.76 bits per heavy atom. The second-order valence-electron chi connectivity index (χ2n) is 4.50. The molecule has 112 valence electrons. The van der Waals surface area contributed by atoms with Crippen molar-refractivity contribution in [1.29, 1.82) is 0 Å². The minimum Gasteiger partial charge on any atom is -0.495 e. The quantitative estimate of drug-likeness (QED) is 0.673. The van der Waals surface area contributed by atoms with Gasteiger partial charge in [-0.3, -0.25) is 0 Å². The molecule has 0 fully saturated rings. The van der Waals surface area contributed by atoms with E-state index in [9.17, 15) is 4.39 Å². The Morgan fingerprint density at radius 3 is 2.33 bits per heavy atom. The van der Waals surface area contributed by atoms with E-state index in [2.05, 4.69) is 15.9 Å². The van der Waals surface area contributed by atoms with E-state index in [0.717, 1.165) is 11.1 Å². The van der Waals surface area contributed by atoms with Crippen LogP contribution in [0.25, 0.3) is 0 Å². The summed E-state index contributed by atoms with van der Waals surface area (Å²) in [6.45, 7) is 0. The highest BCUT2D eigenvalue weighted by Crippen LogP contribution is 2.42. The first-order chi connectivity index (χ1) is 10.1. The lowest BCUT2D eigenvalue weighted by atomic mass is 10.0. The summed E-state index contributed by atoms with van der Waals surface area (Å²) < 4.78 is 23.5. The molecule has 2 aromatic carbocycles. The first-order valence-electron chi connectivity index (χ1n) is 6.35. The molecule has 0 bridgehead atoms. The molecule has 2 nitrogen and oxygen atoms in total. The summed E-state index contributed by atoms with van der Waals surface area (Å²) >= 11 is 9.90. The molecule has 1 unspecified atom stereocenters. The van der Waals surface area contributed by atoms with E-state index in [1.165, 1.54) is 12.1 Å². The highest BCUT2D eigenvalue weighted by atomic mass is 79.9. The van der Waals surface area contributed by atoms with Crippen LogP contribution in [0.5, 0.6) is 11.5 Å². The van der Waals surface area contributed by atoms with Gasteiger partial charge in [0, 0.05) is 10.4 Å². The van der Waals surface area contributed by atoms with Crippen molar-refractivity contribution in [2.75, 3.05) is 14.2 Å². The van der Waals surface area contributed by atoms with Gasteiger partial charge in [0.1, 0.15) is 22.3 Å². The van der Waals surface area contributed by atoms with Crippen molar-refractivity contribution in [3.05, 3.63) is 58.4 Å². The average Bonchev–Trinajstić information content (AvgIpc) is 2.49. The molecule has 1 atom stereocenters. The van der Waals surface area contributed by atoms with Crippen molar-refractivity contribution in [3.63, 3.8) is 0 Å². The summed E-state index contributed by atoms with van der Waals surface area (Å²) in [4.78, 5) is 0.00122. The van der Waals surface area contributed by atoms with Gasteiger partial charge in [-0.15, -0.1) is 0 Å². The van der Waals surface area contributed by atoms with Gasteiger partial charge >= 0.3 is 0 Å². The third-order valence-corrected chi connectivity index (χ3v) is 4.36. The Labute approximate surface area is 137 Å². The lowest BCUT2D eigenvalue weighted by Gasteiger charge is -2.17. The van der Waals surface area contributed by atoms with Crippen LogP contribution in [0.15, 0.2) is 36.4 Å². The molecular weight excluding hydrogens is 359 g/mol. The zero-order valence-corrected chi connectivity index (χ0v) is 14.0.